The van der Waals surface area contributed by atoms with Gasteiger partial charge in [-0.1, -0.05) is 24.3 Å². The molecule has 3 rings (SSSR count). The van der Waals surface area contributed by atoms with E-state index in [2.05, 4.69) is 5.32 Å². The maximum atomic E-state index is 12.6. The number of halogens is 3. The summed E-state index contributed by atoms with van der Waals surface area (Å²) >= 11 is 0. The van der Waals surface area contributed by atoms with Gasteiger partial charge in [0.2, 0.25) is 0 Å². The summed E-state index contributed by atoms with van der Waals surface area (Å²) in [6.45, 7) is 3.29. The average Bonchev–Trinajstić information content (AvgIpc) is 2.62. The van der Waals surface area contributed by atoms with Crippen molar-refractivity contribution in [1.82, 2.24) is 4.90 Å². The number of benzene rings is 2. The number of carbonyl (C=O) groups excluding carboxylic acids is 1. The molecule has 1 N–H and O–H groups in total. The summed E-state index contributed by atoms with van der Waals surface area (Å²) in [5.41, 5.74) is 2.16. The molecule has 0 aromatic heterocycles. The lowest BCUT2D eigenvalue weighted by Crippen LogP contribution is -2.41. The van der Waals surface area contributed by atoms with Gasteiger partial charge in [0.05, 0.1) is 5.56 Å². The van der Waals surface area contributed by atoms with Crippen LogP contribution in [-0.2, 0) is 12.6 Å². The highest BCUT2D eigenvalue weighted by Crippen LogP contribution is 2.30. The summed E-state index contributed by atoms with van der Waals surface area (Å²) in [5, 5.41) is 2.92. The lowest BCUT2D eigenvalue weighted by Gasteiger charge is -2.32. The van der Waals surface area contributed by atoms with Crippen molar-refractivity contribution in [3.05, 3.63) is 65.2 Å². The molecule has 27 heavy (non-hydrogen) atoms. The van der Waals surface area contributed by atoms with E-state index in [1.165, 1.54) is 0 Å². The van der Waals surface area contributed by atoms with Crippen molar-refractivity contribution < 1.29 is 18.0 Å². The highest BCUT2D eigenvalue weighted by molar-refractivity contribution is 5.89. The number of aryl methyl sites for hydroxylation is 1. The van der Waals surface area contributed by atoms with E-state index in [-0.39, 0.29) is 6.03 Å². The van der Waals surface area contributed by atoms with Crippen LogP contribution in [0.5, 0.6) is 0 Å². The summed E-state index contributed by atoms with van der Waals surface area (Å²) in [7, 11) is 0. The third-order valence-electron chi connectivity index (χ3n) is 4.98. The molecule has 2 aromatic carbocycles. The van der Waals surface area contributed by atoms with Crippen molar-refractivity contribution in [1.29, 1.82) is 0 Å². The van der Waals surface area contributed by atoms with Gasteiger partial charge in [-0.15, -0.1) is 0 Å². The molecule has 1 aliphatic heterocycles. The van der Waals surface area contributed by atoms with E-state index in [0.29, 0.717) is 19.0 Å². The number of hydrogen-bond donors (Lipinski definition) is 1. The normalized spacial score (nSPS) is 15.6. The van der Waals surface area contributed by atoms with Crippen LogP contribution in [0.2, 0.25) is 0 Å². The van der Waals surface area contributed by atoms with Crippen molar-refractivity contribution >= 4 is 11.7 Å². The van der Waals surface area contributed by atoms with Crippen LogP contribution in [-0.4, -0.2) is 24.0 Å². The Balaban J connectivity index is 1.49. The quantitative estimate of drug-likeness (QED) is 0.754. The lowest BCUT2D eigenvalue weighted by molar-refractivity contribution is -0.137. The highest BCUT2D eigenvalue weighted by atomic mass is 19.4. The maximum absolute atomic E-state index is 12.6. The minimum atomic E-state index is -4.30. The average molecular weight is 376 g/mol. The molecule has 1 heterocycles. The Labute approximate surface area is 157 Å². The fraction of sp³-hybridized carbons (Fsp3) is 0.381. The van der Waals surface area contributed by atoms with E-state index in [1.54, 1.807) is 17.0 Å². The SMILES string of the molecule is Cc1cccc(NC(=O)N2CCC(Cc3ccc(C(F)(F)F)cc3)CC2)c1. The van der Waals surface area contributed by atoms with Crippen LogP contribution in [0.3, 0.4) is 0 Å². The molecule has 0 saturated carbocycles. The number of piperidine rings is 1. The molecule has 0 unspecified atom stereocenters. The molecule has 0 atom stereocenters. The Kier molecular flexibility index (Phi) is 5.73. The Morgan fingerprint density at radius 2 is 1.78 bits per heavy atom. The minimum absolute atomic E-state index is 0.103. The second-order valence-corrected chi connectivity index (χ2v) is 7.13. The Morgan fingerprint density at radius 3 is 2.37 bits per heavy atom. The number of alkyl halides is 3. The van der Waals surface area contributed by atoms with Gasteiger partial charge in [-0.05, 0) is 67.5 Å². The van der Waals surface area contributed by atoms with Crippen molar-refractivity contribution in [3.8, 4) is 0 Å². The molecular formula is C21H23F3N2O. The molecular weight excluding hydrogens is 353 g/mol. The zero-order valence-electron chi connectivity index (χ0n) is 15.2. The smallest absolute Gasteiger partial charge is 0.325 e. The van der Waals surface area contributed by atoms with Gasteiger partial charge in [0, 0.05) is 18.8 Å². The van der Waals surface area contributed by atoms with E-state index in [4.69, 9.17) is 0 Å². The molecule has 3 nitrogen and oxygen atoms in total. The fourth-order valence-corrected chi connectivity index (χ4v) is 3.43. The van der Waals surface area contributed by atoms with E-state index in [0.717, 1.165) is 48.2 Å². The third kappa shape index (κ3) is 5.25. The van der Waals surface area contributed by atoms with E-state index >= 15 is 0 Å². The van der Waals surface area contributed by atoms with Crippen molar-refractivity contribution in [2.45, 2.75) is 32.4 Å². The van der Waals surface area contributed by atoms with Gasteiger partial charge >= 0.3 is 12.2 Å². The van der Waals surface area contributed by atoms with Crippen LogP contribution in [0, 0.1) is 12.8 Å². The lowest BCUT2D eigenvalue weighted by atomic mass is 9.90. The minimum Gasteiger partial charge on any atom is -0.325 e. The molecule has 1 aliphatic rings. The summed E-state index contributed by atoms with van der Waals surface area (Å²) < 4.78 is 37.9. The second kappa shape index (κ2) is 8.03. The van der Waals surface area contributed by atoms with E-state index < -0.39 is 11.7 Å². The van der Waals surface area contributed by atoms with Crippen molar-refractivity contribution in [2.75, 3.05) is 18.4 Å². The first-order valence-corrected chi connectivity index (χ1v) is 9.10. The zero-order chi connectivity index (χ0) is 19.4. The Bertz CT molecular complexity index is 779. The van der Waals surface area contributed by atoms with Crippen LogP contribution in [0.1, 0.15) is 29.5 Å². The van der Waals surface area contributed by atoms with Gasteiger partial charge in [0.15, 0.2) is 0 Å². The van der Waals surface area contributed by atoms with Gasteiger partial charge < -0.3 is 10.2 Å². The number of amides is 2. The number of rotatable bonds is 3. The predicted octanol–water partition coefficient (Wildman–Crippen LogP) is 5.50. The van der Waals surface area contributed by atoms with E-state index in [1.807, 2.05) is 31.2 Å². The summed E-state index contributed by atoms with van der Waals surface area (Å²) in [6.07, 6.45) is -1.86. The number of nitrogens with one attached hydrogen (secondary N) is 1. The number of anilines is 1. The first-order chi connectivity index (χ1) is 12.8. The summed E-state index contributed by atoms with van der Waals surface area (Å²) in [5.74, 6) is 0.379. The first-order valence-electron chi connectivity index (χ1n) is 9.10. The number of carbonyl (C=O) groups is 1. The third-order valence-corrected chi connectivity index (χ3v) is 4.98. The van der Waals surface area contributed by atoms with E-state index in [9.17, 15) is 18.0 Å². The number of likely N-dealkylation sites (tertiary alicyclic amines) is 1. The highest BCUT2D eigenvalue weighted by Gasteiger charge is 2.30. The molecule has 1 fully saturated rings. The van der Waals surface area contributed by atoms with Gasteiger partial charge in [-0.3, -0.25) is 0 Å². The molecule has 0 spiro atoms. The molecule has 0 bridgehead atoms. The van der Waals surface area contributed by atoms with Crippen LogP contribution in [0.4, 0.5) is 23.7 Å². The molecule has 6 heteroatoms. The summed E-state index contributed by atoms with van der Waals surface area (Å²) in [4.78, 5) is 14.2. The van der Waals surface area contributed by atoms with Gasteiger partial charge in [-0.2, -0.15) is 13.2 Å². The number of urea groups is 1. The molecule has 2 aromatic rings. The zero-order valence-corrected chi connectivity index (χ0v) is 15.2. The largest absolute Gasteiger partial charge is 0.416 e. The topological polar surface area (TPSA) is 32.3 Å². The summed E-state index contributed by atoms with van der Waals surface area (Å²) in [6, 6.07) is 13.0. The van der Waals surface area contributed by atoms with Crippen LogP contribution in [0.25, 0.3) is 0 Å². The van der Waals surface area contributed by atoms with Crippen LogP contribution in [0.15, 0.2) is 48.5 Å². The molecule has 0 radical (unpaired) electrons. The monoisotopic (exact) mass is 376 g/mol. The van der Waals surface area contributed by atoms with Crippen molar-refractivity contribution in [3.63, 3.8) is 0 Å². The van der Waals surface area contributed by atoms with Crippen LogP contribution < -0.4 is 5.32 Å². The molecule has 2 amide bonds. The first kappa shape index (κ1) is 19.3. The van der Waals surface area contributed by atoms with Gasteiger partial charge in [0.25, 0.3) is 0 Å². The van der Waals surface area contributed by atoms with Crippen LogP contribution >= 0.6 is 0 Å². The van der Waals surface area contributed by atoms with Gasteiger partial charge in [-0.25, -0.2) is 4.79 Å². The molecule has 144 valence electrons. The predicted molar refractivity (Wildman–Crippen MR) is 99.6 cm³/mol. The Morgan fingerprint density at radius 1 is 1.11 bits per heavy atom. The fourth-order valence-electron chi connectivity index (χ4n) is 3.43. The Hall–Kier alpha value is -2.50. The standard InChI is InChI=1S/C21H23F3N2O/c1-15-3-2-4-19(13-15)25-20(27)26-11-9-17(10-12-26)14-16-5-7-18(8-6-16)21(22,23)24/h2-8,13,17H,9-12,14H2,1H3,(H,25,27). The maximum Gasteiger partial charge on any atom is 0.416 e. The number of nitrogens with zero attached hydrogens (tertiary/aromatic N) is 1. The molecule has 1 saturated heterocycles. The number of hydrogen-bond acceptors (Lipinski definition) is 1. The second-order valence-electron chi connectivity index (χ2n) is 7.13. The molecule has 0 aliphatic carbocycles. The van der Waals surface area contributed by atoms with Gasteiger partial charge in [0.1, 0.15) is 0 Å². The van der Waals surface area contributed by atoms with Crippen molar-refractivity contribution in [2.24, 2.45) is 5.92 Å².